The van der Waals surface area contributed by atoms with Gasteiger partial charge in [-0.1, -0.05) is 12.1 Å². The van der Waals surface area contributed by atoms with E-state index in [1.54, 1.807) is 6.92 Å². The van der Waals surface area contributed by atoms with Gasteiger partial charge in [0.15, 0.2) is 6.10 Å². The quantitative estimate of drug-likeness (QED) is 0.561. The van der Waals surface area contributed by atoms with Gasteiger partial charge in [-0.05, 0) is 0 Å². The predicted octanol–water partition coefficient (Wildman–Crippen LogP) is 1.08. The highest BCUT2D eigenvalue weighted by molar-refractivity contribution is 5.86. The summed E-state index contributed by atoms with van der Waals surface area (Å²) >= 11 is 0. The van der Waals surface area contributed by atoms with Crippen molar-refractivity contribution in [3.05, 3.63) is 0 Å². The van der Waals surface area contributed by atoms with Gasteiger partial charge in [-0.15, -0.1) is 0 Å². The molecule has 0 radical (unpaired) electrons. The number of β-amino-alcohol motifs (C(OH)–C–C–N with tert-alkyl or cyclic N) is 1. The van der Waals surface area contributed by atoms with E-state index >= 15 is 0 Å². The van der Waals surface area contributed by atoms with Crippen molar-refractivity contribution < 1.29 is 23.5 Å². The van der Waals surface area contributed by atoms with Gasteiger partial charge in [-0.2, -0.15) is 13.2 Å². The standard InChI is InChI=1S/C9H15F3N2O2/c1-6-4-14(3-2-7(6)13-16)5-8(15)9(10,11)12/h6,8,15-16H,2-5H2,1H3. The van der Waals surface area contributed by atoms with Crippen LogP contribution in [0.1, 0.15) is 13.3 Å². The maximum absolute atomic E-state index is 12.1. The van der Waals surface area contributed by atoms with E-state index in [1.165, 1.54) is 4.90 Å². The molecular weight excluding hydrogens is 225 g/mol. The molecule has 0 saturated carbocycles. The first-order valence-electron chi connectivity index (χ1n) is 5.02. The number of halogens is 3. The van der Waals surface area contributed by atoms with E-state index in [0.29, 0.717) is 25.2 Å². The van der Waals surface area contributed by atoms with E-state index in [2.05, 4.69) is 5.16 Å². The highest BCUT2D eigenvalue weighted by Gasteiger charge is 2.39. The lowest BCUT2D eigenvalue weighted by molar-refractivity contribution is -0.208. The van der Waals surface area contributed by atoms with Crippen molar-refractivity contribution in [2.75, 3.05) is 19.6 Å². The highest BCUT2D eigenvalue weighted by atomic mass is 19.4. The molecule has 0 amide bonds. The molecule has 4 nitrogen and oxygen atoms in total. The lowest BCUT2D eigenvalue weighted by Gasteiger charge is -2.33. The third-order valence-electron chi connectivity index (χ3n) is 2.72. The molecular formula is C9H15F3N2O2. The molecule has 0 aromatic rings. The molecule has 1 fully saturated rings. The Hall–Kier alpha value is -0.820. The molecule has 0 aromatic heterocycles. The molecule has 7 heteroatoms. The van der Waals surface area contributed by atoms with Crippen molar-refractivity contribution >= 4 is 5.71 Å². The monoisotopic (exact) mass is 240 g/mol. The molecule has 16 heavy (non-hydrogen) atoms. The maximum Gasteiger partial charge on any atom is 0.415 e. The number of likely N-dealkylation sites (tertiary alicyclic amines) is 1. The van der Waals surface area contributed by atoms with Crippen molar-refractivity contribution in [2.45, 2.75) is 25.6 Å². The SMILES string of the molecule is CC1CN(CC(O)C(F)(F)F)CCC1=NO. The molecule has 1 aliphatic heterocycles. The Morgan fingerprint density at radius 2 is 2.19 bits per heavy atom. The number of piperidine rings is 1. The van der Waals surface area contributed by atoms with E-state index in [0.717, 1.165) is 0 Å². The fourth-order valence-corrected chi connectivity index (χ4v) is 1.77. The number of aliphatic hydroxyl groups is 1. The largest absolute Gasteiger partial charge is 0.415 e. The Kier molecular flexibility index (Phi) is 4.15. The minimum atomic E-state index is -4.57. The first-order chi connectivity index (χ1) is 7.34. The number of rotatable bonds is 2. The molecule has 2 unspecified atom stereocenters. The van der Waals surface area contributed by atoms with Crippen LogP contribution in [0.2, 0.25) is 0 Å². The van der Waals surface area contributed by atoms with Crippen molar-refractivity contribution in [1.82, 2.24) is 4.90 Å². The lowest BCUT2D eigenvalue weighted by atomic mass is 9.97. The number of oxime groups is 1. The summed E-state index contributed by atoms with van der Waals surface area (Å²) < 4.78 is 36.3. The third-order valence-corrected chi connectivity index (χ3v) is 2.72. The van der Waals surface area contributed by atoms with E-state index in [4.69, 9.17) is 10.3 Å². The van der Waals surface area contributed by atoms with Gasteiger partial charge in [0.25, 0.3) is 0 Å². The molecule has 1 aliphatic rings. The number of hydrogen-bond acceptors (Lipinski definition) is 4. The molecule has 0 spiro atoms. The van der Waals surface area contributed by atoms with Gasteiger partial charge in [-0.25, -0.2) is 0 Å². The Balaban J connectivity index is 2.47. The summed E-state index contributed by atoms with van der Waals surface area (Å²) in [5.41, 5.74) is 0.595. The maximum atomic E-state index is 12.1. The Labute approximate surface area is 91.3 Å². The van der Waals surface area contributed by atoms with Gasteiger partial charge in [0.05, 0.1) is 5.71 Å². The van der Waals surface area contributed by atoms with Crippen molar-refractivity contribution in [2.24, 2.45) is 11.1 Å². The summed E-state index contributed by atoms with van der Waals surface area (Å²) in [5, 5.41) is 20.6. The van der Waals surface area contributed by atoms with Crippen molar-refractivity contribution in [1.29, 1.82) is 0 Å². The summed E-state index contributed by atoms with van der Waals surface area (Å²) in [6.07, 6.45) is -6.45. The number of aliphatic hydroxyl groups excluding tert-OH is 1. The zero-order valence-corrected chi connectivity index (χ0v) is 8.91. The fourth-order valence-electron chi connectivity index (χ4n) is 1.77. The van der Waals surface area contributed by atoms with Crippen LogP contribution in [0.3, 0.4) is 0 Å². The fraction of sp³-hybridized carbons (Fsp3) is 0.889. The normalized spacial score (nSPS) is 28.3. The molecule has 0 aliphatic carbocycles. The van der Waals surface area contributed by atoms with Crippen LogP contribution in [-0.4, -0.2) is 52.8 Å². The van der Waals surface area contributed by atoms with E-state index in [1.807, 2.05) is 0 Å². The topological polar surface area (TPSA) is 56.1 Å². The van der Waals surface area contributed by atoms with Crippen molar-refractivity contribution in [3.63, 3.8) is 0 Å². The van der Waals surface area contributed by atoms with Gasteiger partial charge in [-0.3, -0.25) is 4.90 Å². The average Bonchev–Trinajstić information content (AvgIpc) is 2.16. The summed E-state index contributed by atoms with van der Waals surface area (Å²) in [7, 11) is 0. The summed E-state index contributed by atoms with van der Waals surface area (Å²) in [4.78, 5) is 1.53. The lowest BCUT2D eigenvalue weighted by Crippen LogP contribution is -2.46. The Morgan fingerprint density at radius 3 is 2.62 bits per heavy atom. The van der Waals surface area contributed by atoms with Crippen LogP contribution in [0, 0.1) is 5.92 Å². The Bertz CT molecular complexity index is 268. The second-order valence-electron chi connectivity index (χ2n) is 4.06. The van der Waals surface area contributed by atoms with Crippen LogP contribution in [-0.2, 0) is 0 Å². The predicted molar refractivity (Wildman–Crippen MR) is 51.5 cm³/mol. The van der Waals surface area contributed by atoms with Gasteiger partial charge in [0.2, 0.25) is 0 Å². The average molecular weight is 240 g/mol. The number of alkyl halides is 3. The first kappa shape index (κ1) is 13.2. The number of hydrogen-bond donors (Lipinski definition) is 2. The van der Waals surface area contributed by atoms with E-state index in [-0.39, 0.29) is 5.92 Å². The van der Waals surface area contributed by atoms with Gasteiger partial charge in [0.1, 0.15) is 0 Å². The van der Waals surface area contributed by atoms with Crippen molar-refractivity contribution in [3.8, 4) is 0 Å². The van der Waals surface area contributed by atoms with Crippen LogP contribution in [0.15, 0.2) is 5.16 Å². The second kappa shape index (κ2) is 5.01. The number of nitrogens with zero attached hydrogens (tertiary/aromatic N) is 2. The van der Waals surface area contributed by atoms with Gasteiger partial charge >= 0.3 is 6.18 Å². The molecule has 1 rings (SSSR count). The minimum absolute atomic E-state index is 0.0841. The second-order valence-corrected chi connectivity index (χ2v) is 4.06. The molecule has 2 atom stereocenters. The molecule has 0 aromatic carbocycles. The van der Waals surface area contributed by atoms with Crippen LogP contribution >= 0.6 is 0 Å². The van der Waals surface area contributed by atoms with Crippen LogP contribution in [0.4, 0.5) is 13.2 Å². The molecule has 0 bridgehead atoms. The zero-order chi connectivity index (χ0) is 12.3. The third kappa shape index (κ3) is 3.34. The molecule has 2 N–H and O–H groups in total. The molecule has 1 saturated heterocycles. The van der Waals surface area contributed by atoms with Gasteiger partial charge < -0.3 is 10.3 Å². The summed E-state index contributed by atoms with van der Waals surface area (Å²) in [6, 6.07) is 0. The van der Waals surface area contributed by atoms with E-state index in [9.17, 15) is 13.2 Å². The molecule has 1 heterocycles. The van der Waals surface area contributed by atoms with Gasteiger partial charge in [0, 0.05) is 32.0 Å². The highest BCUT2D eigenvalue weighted by Crippen LogP contribution is 2.22. The Morgan fingerprint density at radius 1 is 1.56 bits per heavy atom. The smallest absolute Gasteiger partial charge is 0.411 e. The molecule has 94 valence electrons. The first-order valence-corrected chi connectivity index (χ1v) is 5.02. The minimum Gasteiger partial charge on any atom is -0.411 e. The van der Waals surface area contributed by atoms with Crippen LogP contribution < -0.4 is 0 Å². The van der Waals surface area contributed by atoms with E-state index < -0.39 is 18.8 Å². The zero-order valence-electron chi connectivity index (χ0n) is 8.91. The van der Waals surface area contributed by atoms with Crippen LogP contribution in [0.5, 0.6) is 0 Å². The summed E-state index contributed by atoms with van der Waals surface area (Å²) in [6.45, 7) is 2.09. The summed E-state index contributed by atoms with van der Waals surface area (Å²) in [5.74, 6) is -0.0841. The van der Waals surface area contributed by atoms with Crippen LogP contribution in [0.25, 0.3) is 0 Å².